The van der Waals surface area contributed by atoms with Gasteiger partial charge in [-0.3, -0.25) is 0 Å². The van der Waals surface area contributed by atoms with Crippen LogP contribution in [-0.2, 0) is 22.9 Å². The molecule has 1 aromatic carbocycles. The Morgan fingerprint density at radius 2 is 1.86 bits per heavy atom. The van der Waals surface area contributed by atoms with Gasteiger partial charge >= 0.3 is 0 Å². The number of benzene rings is 1. The highest BCUT2D eigenvalue weighted by Gasteiger charge is 2.44. The minimum absolute atomic E-state index is 0.204. The van der Waals surface area contributed by atoms with E-state index in [-0.39, 0.29) is 11.0 Å². The number of methoxy groups -OCH3 is 2. The van der Waals surface area contributed by atoms with Crippen molar-refractivity contribution < 1.29 is 22.6 Å². The maximum absolute atomic E-state index is 13.5. The zero-order valence-corrected chi connectivity index (χ0v) is 24.3. The number of halogens is 1. The average Bonchev–Trinajstić information content (AvgIpc) is 2.89. The van der Waals surface area contributed by atoms with Gasteiger partial charge in [0.25, 0.3) is 0 Å². The molecule has 9 nitrogen and oxygen atoms in total. The lowest BCUT2D eigenvalue weighted by Gasteiger charge is -2.37. The zero-order chi connectivity index (χ0) is 26.1. The van der Waals surface area contributed by atoms with Crippen LogP contribution < -0.4 is 4.74 Å². The highest BCUT2D eigenvalue weighted by atomic mass is 127. The molecule has 196 valence electrons. The summed E-state index contributed by atoms with van der Waals surface area (Å²) in [6, 6.07) is 4.92. The third-order valence-electron chi connectivity index (χ3n) is 6.78. The summed E-state index contributed by atoms with van der Waals surface area (Å²) in [5.74, 6) is 1.59. The molecule has 1 aliphatic heterocycles. The van der Waals surface area contributed by atoms with Gasteiger partial charge in [0, 0.05) is 39.5 Å². The molecule has 0 radical (unpaired) electrons. The van der Waals surface area contributed by atoms with Crippen LogP contribution in [0.1, 0.15) is 31.5 Å². The Kier molecular flexibility index (Phi) is 8.25. The molecule has 1 aromatic heterocycles. The normalized spacial score (nSPS) is 23.2. The highest BCUT2D eigenvalue weighted by molar-refractivity contribution is 14.1. The Hall–Kier alpha value is -1.80. The standard InChI is InChI=1S/C25H33IN4O5S/c1-6-25(26)22(34-5)15-21(33-4)19-16-27-24(28-23(19)25)18-14-17(8-9-20(18)35-7-2)36(31,32)30-12-10-29(3)11-13-30/h8-9,14-16,22H,6-7,10-13H2,1-5H3. The van der Waals surface area contributed by atoms with E-state index in [2.05, 4.69) is 39.4 Å². The van der Waals surface area contributed by atoms with Gasteiger partial charge in [0.15, 0.2) is 5.82 Å². The van der Waals surface area contributed by atoms with Crippen LogP contribution in [0.3, 0.4) is 0 Å². The largest absolute Gasteiger partial charge is 0.496 e. The van der Waals surface area contributed by atoms with Crippen LogP contribution in [0.25, 0.3) is 17.1 Å². The van der Waals surface area contributed by atoms with Gasteiger partial charge in [-0.15, -0.1) is 0 Å². The van der Waals surface area contributed by atoms with Crippen molar-refractivity contribution in [2.75, 3.05) is 54.1 Å². The molecule has 0 spiro atoms. The molecule has 4 rings (SSSR count). The molecule has 0 N–H and O–H groups in total. The van der Waals surface area contributed by atoms with Crippen molar-refractivity contribution in [1.82, 2.24) is 19.2 Å². The van der Waals surface area contributed by atoms with Crippen molar-refractivity contribution in [3.63, 3.8) is 0 Å². The van der Waals surface area contributed by atoms with Crippen molar-refractivity contribution in [1.29, 1.82) is 0 Å². The van der Waals surface area contributed by atoms with Gasteiger partial charge in [0.05, 0.1) is 45.0 Å². The van der Waals surface area contributed by atoms with E-state index in [1.54, 1.807) is 38.6 Å². The minimum atomic E-state index is -3.67. The molecule has 1 saturated heterocycles. The molecule has 11 heteroatoms. The van der Waals surface area contributed by atoms with E-state index >= 15 is 0 Å². The number of alkyl halides is 1. The molecule has 0 saturated carbocycles. The summed E-state index contributed by atoms with van der Waals surface area (Å²) >= 11 is 2.39. The zero-order valence-electron chi connectivity index (χ0n) is 21.3. The summed E-state index contributed by atoms with van der Waals surface area (Å²) in [5.41, 5.74) is 2.12. The molecule has 1 fully saturated rings. The van der Waals surface area contributed by atoms with E-state index in [9.17, 15) is 8.42 Å². The summed E-state index contributed by atoms with van der Waals surface area (Å²) in [6.07, 6.45) is 4.21. The molecule has 1 aliphatic carbocycles. The lowest BCUT2D eigenvalue weighted by molar-refractivity contribution is 0.104. The predicted octanol–water partition coefficient (Wildman–Crippen LogP) is 3.53. The molecule has 0 bridgehead atoms. The second-order valence-corrected chi connectivity index (χ2v) is 12.7. The number of ether oxygens (including phenoxy) is 3. The van der Waals surface area contributed by atoms with Gasteiger partial charge in [-0.1, -0.05) is 29.5 Å². The molecule has 2 atom stereocenters. The maximum Gasteiger partial charge on any atom is 0.243 e. The van der Waals surface area contributed by atoms with Crippen molar-refractivity contribution in [2.45, 2.75) is 34.7 Å². The summed E-state index contributed by atoms with van der Waals surface area (Å²) in [7, 11) is 1.61. The molecule has 2 unspecified atom stereocenters. The van der Waals surface area contributed by atoms with Gasteiger partial charge in [0.2, 0.25) is 10.0 Å². The van der Waals surface area contributed by atoms with E-state index < -0.39 is 13.4 Å². The van der Waals surface area contributed by atoms with Crippen LogP contribution >= 0.6 is 22.6 Å². The number of hydrogen-bond acceptors (Lipinski definition) is 8. The Labute approximate surface area is 227 Å². The van der Waals surface area contributed by atoms with Gasteiger partial charge in [-0.25, -0.2) is 18.4 Å². The summed E-state index contributed by atoms with van der Waals surface area (Å²) in [6.45, 7) is 6.70. The summed E-state index contributed by atoms with van der Waals surface area (Å²) in [5, 5.41) is 0. The molecule has 36 heavy (non-hydrogen) atoms. The van der Waals surface area contributed by atoms with Gasteiger partial charge in [0.1, 0.15) is 11.5 Å². The smallest absolute Gasteiger partial charge is 0.243 e. The number of likely N-dealkylation sites (N-methyl/N-ethyl adjacent to an activating group) is 1. The van der Waals surface area contributed by atoms with E-state index in [0.717, 1.165) is 17.7 Å². The first-order chi connectivity index (χ1) is 17.2. The molecular formula is C25H33IN4O5S. The van der Waals surface area contributed by atoms with E-state index in [0.29, 0.717) is 55.7 Å². The molecule has 2 aromatic rings. The Morgan fingerprint density at radius 1 is 1.14 bits per heavy atom. The number of fused-ring (bicyclic) bond motifs is 1. The quantitative estimate of drug-likeness (QED) is 0.324. The Morgan fingerprint density at radius 3 is 2.47 bits per heavy atom. The fourth-order valence-corrected chi connectivity index (χ4v) is 6.90. The first-order valence-corrected chi connectivity index (χ1v) is 14.5. The number of aromatic nitrogens is 2. The number of hydrogen-bond donors (Lipinski definition) is 0. The maximum atomic E-state index is 13.5. The van der Waals surface area contributed by atoms with E-state index in [4.69, 9.17) is 19.2 Å². The Bertz CT molecular complexity index is 1250. The van der Waals surface area contributed by atoms with E-state index in [1.165, 1.54) is 4.31 Å². The summed E-state index contributed by atoms with van der Waals surface area (Å²) < 4.78 is 45.3. The van der Waals surface area contributed by atoms with Crippen LogP contribution in [0, 0.1) is 0 Å². The van der Waals surface area contributed by atoms with Crippen molar-refractivity contribution >= 4 is 38.4 Å². The number of rotatable bonds is 8. The fourth-order valence-electron chi connectivity index (χ4n) is 4.61. The number of nitrogens with zero attached hydrogens (tertiary/aromatic N) is 4. The van der Waals surface area contributed by atoms with Crippen molar-refractivity contribution in [3.8, 4) is 17.1 Å². The van der Waals surface area contributed by atoms with Gasteiger partial charge in [-0.2, -0.15) is 4.31 Å². The second-order valence-electron chi connectivity index (χ2n) is 8.86. The molecular weight excluding hydrogens is 595 g/mol. The van der Waals surface area contributed by atoms with Crippen molar-refractivity contribution in [2.24, 2.45) is 0 Å². The average molecular weight is 629 g/mol. The SMILES string of the molecule is CCOc1ccc(S(=O)(=O)N2CCN(C)CC2)cc1-c1ncc2c(n1)C(I)(CC)C(OC)C=C2OC. The van der Waals surface area contributed by atoms with Crippen LogP contribution in [0.5, 0.6) is 5.75 Å². The second kappa shape index (κ2) is 10.9. The fraction of sp³-hybridized carbons (Fsp3) is 0.520. The monoisotopic (exact) mass is 628 g/mol. The lowest BCUT2D eigenvalue weighted by atomic mass is 9.86. The van der Waals surface area contributed by atoms with Gasteiger partial charge in [-0.05, 0) is 44.7 Å². The molecule has 0 amide bonds. The number of piperazine rings is 1. The first kappa shape index (κ1) is 27.2. The van der Waals surface area contributed by atoms with Crippen LogP contribution in [0.2, 0.25) is 0 Å². The molecule has 2 heterocycles. The van der Waals surface area contributed by atoms with Crippen LogP contribution in [-0.4, -0.2) is 87.7 Å². The topological polar surface area (TPSA) is 94.1 Å². The Balaban J connectivity index is 1.84. The van der Waals surface area contributed by atoms with Gasteiger partial charge < -0.3 is 19.1 Å². The lowest BCUT2D eigenvalue weighted by Crippen LogP contribution is -2.47. The highest BCUT2D eigenvalue weighted by Crippen LogP contribution is 2.47. The third kappa shape index (κ3) is 4.87. The summed E-state index contributed by atoms with van der Waals surface area (Å²) in [4.78, 5) is 11.9. The van der Waals surface area contributed by atoms with Crippen molar-refractivity contribution in [3.05, 3.63) is 41.7 Å². The molecule has 2 aliphatic rings. The number of sulfonamides is 1. The van der Waals surface area contributed by atoms with E-state index in [1.807, 2.05) is 20.0 Å². The predicted molar refractivity (Wildman–Crippen MR) is 147 cm³/mol. The minimum Gasteiger partial charge on any atom is -0.496 e. The third-order valence-corrected chi connectivity index (χ3v) is 10.6. The van der Waals surface area contributed by atoms with Crippen LogP contribution in [0.4, 0.5) is 0 Å². The van der Waals surface area contributed by atoms with Crippen LogP contribution in [0.15, 0.2) is 35.4 Å². The first-order valence-electron chi connectivity index (χ1n) is 12.0.